The zero-order chi connectivity index (χ0) is 17.1. The zero-order valence-electron chi connectivity index (χ0n) is 13.5. The molecular formula is C16H19N5O3. The van der Waals surface area contributed by atoms with Crippen molar-refractivity contribution >= 4 is 11.6 Å². The monoisotopic (exact) mass is 329 g/mol. The number of nitro groups is 1. The van der Waals surface area contributed by atoms with Gasteiger partial charge in [-0.3, -0.25) is 14.9 Å². The number of benzene rings is 1. The molecule has 1 aromatic heterocycles. The first-order valence-corrected chi connectivity index (χ1v) is 7.98. The van der Waals surface area contributed by atoms with Crippen molar-refractivity contribution in [3.05, 3.63) is 40.7 Å². The number of nitro benzene ring substituents is 1. The topological polar surface area (TPSA) is 94.2 Å². The Bertz CT molecular complexity index is 758. The van der Waals surface area contributed by atoms with Gasteiger partial charge in [-0.25, -0.2) is 9.67 Å². The molecule has 0 saturated carbocycles. The quantitative estimate of drug-likeness (QED) is 0.633. The van der Waals surface area contributed by atoms with E-state index in [0.29, 0.717) is 11.4 Å². The summed E-state index contributed by atoms with van der Waals surface area (Å²) in [4.78, 5) is 28.9. The predicted molar refractivity (Wildman–Crippen MR) is 87.1 cm³/mol. The molecule has 2 aromatic rings. The number of piperidine rings is 1. The van der Waals surface area contributed by atoms with E-state index in [2.05, 4.69) is 17.0 Å². The van der Waals surface area contributed by atoms with E-state index in [1.165, 1.54) is 23.1 Å². The molecule has 126 valence electrons. The van der Waals surface area contributed by atoms with Crippen LogP contribution >= 0.6 is 0 Å². The molecule has 1 aliphatic rings. The molecule has 8 heteroatoms. The minimum Gasteiger partial charge on any atom is -0.338 e. The van der Waals surface area contributed by atoms with E-state index in [4.69, 9.17) is 0 Å². The second kappa shape index (κ2) is 6.77. The van der Waals surface area contributed by atoms with E-state index in [1.807, 2.05) is 4.90 Å². The fourth-order valence-corrected chi connectivity index (χ4v) is 2.96. The average Bonchev–Trinajstić information content (AvgIpc) is 3.04. The molecule has 0 radical (unpaired) electrons. The molecule has 8 nitrogen and oxygen atoms in total. The Morgan fingerprint density at radius 1 is 1.42 bits per heavy atom. The first-order valence-electron chi connectivity index (χ1n) is 7.98. The lowest BCUT2D eigenvalue weighted by Crippen LogP contribution is -2.43. The molecule has 0 spiro atoms. The van der Waals surface area contributed by atoms with E-state index < -0.39 is 4.92 Å². The number of aromatic nitrogens is 3. The van der Waals surface area contributed by atoms with Gasteiger partial charge in [0.25, 0.3) is 5.69 Å². The summed E-state index contributed by atoms with van der Waals surface area (Å²) in [5.74, 6) is 0.399. The summed E-state index contributed by atoms with van der Waals surface area (Å²) >= 11 is 0. The second-order valence-electron chi connectivity index (χ2n) is 6.01. The van der Waals surface area contributed by atoms with E-state index in [-0.39, 0.29) is 24.2 Å². The molecule has 0 unspecified atom stereocenters. The van der Waals surface area contributed by atoms with Crippen LogP contribution in [0.1, 0.15) is 26.2 Å². The molecule has 0 bridgehead atoms. The number of hydrogen-bond donors (Lipinski definition) is 0. The van der Waals surface area contributed by atoms with Crippen LogP contribution in [0.25, 0.3) is 11.4 Å². The number of nitrogens with zero attached hydrogens (tertiary/aromatic N) is 5. The third-order valence-electron chi connectivity index (χ3n) is 4.27. The van der Waals surface area contributed by atoms with Crippen LogP contribution in [-0.4, -0.2) is 43.1 Å². The second-order valence-corrected chi connectivity index (χ2v) is 6.01. The van der Waals surface area contributed by atoms with Crippen LogP contribution in [0.4, 0.5) is 5.69 Å². The van der Waals surface area contributed by atoms with Crippen molar-refractivity contribution in [2.45, 2.75) is 38.8 Å². The molecule has 1 atom stereocenters. The fourth-order valence-electron chi connectivity index (χ4n) is 2.96. The maximum atomic E-state index is 12.4. The Kier molecular flexibility index (Phi) is 4.54. The van der Waals surface area contributed by atoms with Crippen molar-refractivity contribution < 1.29 is 9.72 Å². The molecule has 1 amide bonds. The lowest BCUT2D eigenvalue weighted by Gasteiger charge is -2.33. The summed E-state index contributed by atoms with van der Waals surface area (Å²) in [5, 5.41) is 15.1. The Hall–Kier alpha value is -2.77. The van der Waals surface area contributed by atoms with Crippen LogP contribution in [0.15, 0.2) is 30.6 Å². The van der Waals surface area contributed by atoms with E-state index in [9.17, 15) is 14.9 Å². The highest BCUT2D eigenvalue weighted by atomic mass is 16.6. The van der Waals surface area contributed by atoms with E-state index in [1.54, 1.807) is 12.1 Å². The molecule has 1 aromatic carbocycles. The van der Waals surface area contributed by atoms with Gasteiger partial charge in [-0.1, -0.05) is 12.1 Å². The average molecular weight is 329 g/mol. The number of hydrogen-bond acceptors (Lipinski definition) is 5. The smallest absolute Gasteiger partial charge is 0.270 e. The molecule has 24 heavy (non-hydrogen) atoms. The van der Waals surface area contributed by atoms with Gasteiger partial charge in [0.15, 0.2) is 5.82 Å². The van der Waals surface area contributed by atoms with Crippen molar-refractivity contribution in [1.29, 1.82) is 0 Å². The van der Waals surface area contributed by atoms with Crippen molar-refractivity contribution in [2.75, 3.05) is 6.54 Å². The van der Waals surface area contributed by atoms with Crippen molar-refractivity contribution in [1.82, 2.24) is 19.7 Å². The van der Waals surface area contributed by atoms with Gasteiger partial charge < -0.3 is 4.90 Å². The van der Waals surface area contributed by atoms with Crippen molar-refractivity contribution in [3.8, 4) is 11.4 Å². The van der Waals surface area contributed by atoms with Gasteiger partial charge in [-0.2, -0.15) is 5.10 Å². The molecule has 2 heterocycles. The summed E-state index contributed by atoms with van der Waals surface area (Å²) in [6, 6.07) is 6.40. The Morgan fingerprint density at radius 3 is 3.00 bits per heavy atom. The number of rotatable bonds is 4. The van der Waals surface area contributed by atoms with Gasteiger partial charge in [0.1, 0.15) is 12.9 Å². The van der Waals surface area contributed by atoms with Gasteiger partial charge >= 0.3 is 0 Å². The summed E-state index contributed by atoms with van der Waals surface area (Å²) in [5.41, 5.74) is 0.545. The highest BCUT2D eigenvalue weighted by Crippen LogP contribution is 2.21. The molecule has 1 aliphatic heterocycles. The molecule has 0 aliphatic carbocycles. The highest BCUT2D eigenvalue weighted by Gasteiger charge is 2.23. The van der Waals surface area contributed by atoms with Crippen molar-refractivity contribution in [2.24, 2.45) is 0 Å². The third-order valence-corrected chi connectivity index (χ3v) is 4.27. The molecule has 1 fully saturated rings. The first-order chi connectivity index (χ1) is 11.5. The van der Waals surface area contributed by atoms with Gasteiger partial charge in [0, 0.05) is 30.3 Å². The maximum absolute atomic E-state index is 12.4. The largest absolute Gasteiger partial charge is 0.338 e. The fraction of sp³-hybridized carbons (Fsp3) is 0.438. The SMILES string of the molecule is C[C@H]1CCCCN1C(=O)Cn1cnc(-c2cccc([N+](=O)[O-])c2)n1. The Labute approximate surface area is 139 Å². The summed E-state index contributed by atoms with van der Waals surface area (Å²) < 4.78 is 1.48. The lowest BCUT2D eigenvalue weighted by molar-refractivity contribution is -0.384. The summed E-state index contributed by atoms with van der Waals surface area (Å²) in [7, 11) is 0. The van der Waals surface area contributed by atoms with Crippen molar-refractivity contribution in [3.63, 3.8) is 0 Å². The Morgan fingerprint density at radius 2 is 2.25 bits per heavy atom. The molecule has 3 rings (SSSR count). The third kappa shape index (κ3) is 3.42. The molecular weight excluding hydrogens is 310 g/mol. The zero-order valence-corrected chi connectivity index (χ0v) is 13.5. The summed E-state index contributed by atoms with van der Waals surface area (Å²) in [6.45, 7) is 2.98. The number of carbonyl (C=O) groups is 1. The van der Waals surface area contributed by atoms with Crippen LogP contribution in [-0.2, 0) is 11.3 Å². The van der Waals surface area contributed by atoms with E-state index >= 15 is 0 Å². The molecule has 0 N–H and O–H groups in total. The summed E-state index contributed by atoms with van der Waals surface area (Å²) in [6.07, 6.45) is 4.71. The van der Waals surface area contributed by atoms with Gasteiger partial charge in [0.2, 0.25) is 5.91 Å². The number of carbonyl (C=O) groups excluding carboxylic acids is 1. The predicted octanol–water partition coefficient (Wildman–Crippen LogP) is 2.25. The highest BCUT2D eigenvalue weighted by molar-refractivity contribution is 5.76. The lowest BCUT2D eigenvalue weighted by atomic mass is 10.0. The number of amides is 1. The van der Waals surface area contributed by atoms with Crippen LogP contribution < -0.4 is 0 Å². The number of likely N-dealkylation sites (tertiary alicyclic amines) is 1. The first kappa shape index (κ1) is 16.1. The minimum atomic E-state index is -0.457. The minimum absolute atomic E-state index is 0.0120. The van der Waals surface area contributed by atoms with Crippen LogP contribution in [0.5, 0.6) is 0 Å². The van der Waals surface area contributed by atoms with Crippen LogP contribution in [0, 0.1) is 10.1 Å². The Balaban J connectivity index is 1.72. The van der Waals surface area contributed by atoms with E-state index in [0.717, 1.165) is 25.8 Å². The normalized spacial score (nSPS) is 17.7. The maximum Gasteiger partial charge on any atom is 0.270 e. The van der Waals surface area contributed by atoms with Crippen LogP contribution in [0.3, 0.4) is 0 Å². The number of non-ortho nitro benzene ring substituents is 1. The van der Waals surface area contributed by atoms with Gasteiger partial charge in [-0.05, 0) is 26.2 Å². The van der Waals surface area contributed by atoms with Gasteiger partial charge in [0.05, 0.1) is 4.92 Å². The molecule has 1 saturated heterocycles. The van der Waals surface area contributed by atoms with Gasteiger partial charge in [-0.15, -0.1) is 0 Å². The van der Waals surface area contributed by atoms with Crippen LogP contribution in [0.2, 0.25) is 0 Å². The standard InChI is InChI=1S/C16H19N5O3/c1-12-5-2-3-8-20(12)15(22)10-19-11-17-16(18-19)13-6-4-7-14(9-13)21(23)24/h4,6-7,9,11-12H,2-3,5,8,10H2,1H3/t12-/m0/s1.